The van der Waals surface area contributed by atoms with Crippen molar-refractivity contribution < 1.29 is 27.0 Å². The summed E-state index contributed by atoms with van der Waals surface area (Å²) < 4.78 is 58.7. The van der Waals surface area contributed by atoms with Crippen LogP contribution in [0.1, 0.15) is 0 Å². The van der Waals surface area contributed by atoms with Crippen LogP contribution in [0.2, 0.25) is 10.0 Å². The number of aromatic nitrogens is 1. The molecule has 0 fully saturated rings. The molecular formula is C23H17Cl2FN2O5S. The maximum Gasteiger partial charge on any atom is 0.262 e. The van der Waals surface area contributed by atoms with E-state index in [-0.39, 0.29) is 26.4 Å². The molecule has 0 radical (unpaired) electrons. The Morgan fingerprint density at radius 1 is 0.882 bits per heavy atom. The second-order valence-corrected chi connectivity index (χ2v) is 9.46. The van der Waals surface area contributed by atoms with E-state index in [2.05, 4.69) is 9.71 Å². The number of nitrogens with one attached hydrogen (secondary N) is 1. The van der Waals surface area contributed by atoms with Crippen LogP contribution in [0.5, 0.6) is 23.0 Å². The van der Waals surface area contributed by atoms with Gasteiger partial charge in [-0.1, -0.05) is 23.2 Å². The molecule has 0 spiro atoms. The predicted octanol–water partition coefficient (Wildman–Crippen LogP) is 6.29. The lowest BCUT2D eigenvalue weighted by atomic mass is 10.2. The van der Waals surface area contributed by atoms with Gasteiger partial charge in [-0.05, 0) is 42.5 Å². The summed E-state index contributed by atoms with van der Waals surface area (Å²) in [6, 6.07) is 12.6. The molecule has 176 valence electrons. The van der Waals surface area contributed by atoms with Gasteiger partial charge in [0, 0.05) is 23.7 Å². The Morgan fingerprint density at radius 3 is 2.29 bits per heavy atom. The number of fused-ring (bicyclic) bond motifs is 1. The zero-order valence-electron chi connectivity index (χ0n) is 17.8. The highest BCUT2D eigenvalue weighted by atomic mass is 35.5. The van der Waals surface area contributed by atoms with Crippen molar-refractivity contribution in [2.24, 2.45) is 0 Å². The maximum absolute atomic E-state index is 14.8. The highest BCUT2D eigenvalue weighted by Crippen LogP contribution is 2.37. The lowest BCUT2D eigenvalue weighted by Gasteiger charge is -2.13. The topological polar surface area (TPSA) is 86.8 Å². The number of nitrogens with zero attached hydrogens (tertiary/aromatic N) is 1. The molecule has 0 aliphatic heterocycles. The summed E-state index contributed by atoms with van der Waals surface area (Å²) in [6.07, 6.45) is 1.54. The molecule has 4 aromatic rings. The van der Waals surface area contributed by atoms with Gasteiger partial charge in [0.15, 0.2) is 17.3 Å². The van der Waals surface area contributed by atoms with Crippen LogP contribution in [0.3, 0.4) is 0 Å². The summed E-state index contributed by atoms with van der Waals surface area (Å²) in [5.74, 6) is 0.695. The van der Waals surface area contributed by atoms with Crippen LogP contribution in [0.4, 0.5) is 10.1 Å². The quantitative estimate of drug-likeness (QED) is 0.306. The molecule has 0 unspecified atom stereocenters. The molecule has 0 amide bonds. The molecule has 7 nitrogen and oxygen atoms in total. The van der Waals surface area contributed by atoms with E-state index in [0.29, 0.717) is 28.2 Å². The van der Waals surface area contributed by atoms with Crippen molar-refractivity contribution in [2.75, 3.05) is 18.9 Å². The lowest BCUT2D eigenvalue weighted by molar-refractivity contribution is 0.355. The maximum atomic E-state index is 14.8. The van der Waals surface area contributed by atoms with Crippen molar-refractivity contribution in [1.82, 2.24) is 4.98 Å². The van der Waals surface area contributed by atoms with Crippen molar-refractivity contribution in [3.63, 3.8) is 0 Å². The van der Waals surface area contributed by atoms with Crippen molar-refractivity contribution >= 4 is 49.8 Å². The minimum atomic E-state index is -4.10. The zero-order chi connectivity index (χ0) is 24.5. The van der Waals surface area contributed by atoms with Crippen molar-refractivity contribution in [2.45, 2.75) is 4.90 Å². The minimum absolute atomic E-state index is 0.0626. The Kier molecular flexibility index (Phi) is 6.70. The smallest absolute Gasteiger partial charge is 0.262 e. The third-order valence-electron chi connectivity index (χ3n) is 4.82. The van der Waals surface area contributed by atoms with Gasteiger partial charge in [-0.2, -0.15) is 0 Å². The van der Waals surface area contributed by atoms with E-state index in [1.54, 1.807) is 24.4 Å². The summed E-state index contributed by atoms with van der Waals surface area (Å²) >= 11 is 11.7. The molecule has 1 N–H and O–H groups in total. The molecule has 0 aliphatic rings. The van der Waals surface area contributed by atoms with Crippen LogP contribution in [0, 0.1) is 5.82 Å². The number of rotatable bonds is 7. The van der Waals surface area contributed by atoms with Crippen LogP contribution >= 0.6 is 23.2 Å². The Bertz CT molecular complexity index is 1500. The molecule has 3 aromatic carbocycles. The summed E-state index contributed by atoms with van der Waals surface area (Å²) in [5.41, 5.74) is 0.325. The Morgan fingerprint density at radius 2 is 1.62 bits per heavy atom. The van der Waals surface area contributed by atoms with Gasteiger partial charge in [-0.25, -0.2) is 12.8 Å². The van der Waals surface area contributed by atoms with E-state index in [4.69, 9.17) is 37.4 Å². The van der Waals surface area contributed by atoms with Gasteiger partial charge >= 0.3 is 0 Å². The zero-order valence-corrected chi connectivity index (χ0v) is 20.1. The molecule has 0 bridgehead atoms. The van der Waals surface area contributed by atoms with E-state index >= 15 is 0 Å². The molecular weight excluding hydrogens is 506 g/mol. The SMILES string of the molecule is COc1cc2nccc(Oc3ccc(NS(=O)(=O)c4ccc(Cl)c(Cl)c4)c(F)c3)c2cc1OC. The monoisotopic (exact) mass is 522 g/mol. The van der Waals surface area contributed by atoms with E-state index in [1.807, 2.05) is 0 Å². The van der Waals surface area contributed by atoms with E-state index in [1.165, 1.54) is 44.6 Å². The molecule has 4 rings (SSSR count). The number of sulfonamides is 1. The normalized spacial score (nSPS) is 11.3. The highest BCUT2D eigenvalue weighted by Gasteiger charge is 2.18. The standard InChI is InChI=1S/C23H17Cl2FN2O5S/c1-31-22-11-15-20(12-23(22)32-2)27-8-7-21(15)33-13-3-6-19(18(26)9-13)28-34(29,30)14-4-5-16(24)17(25)10-14/h3-12,28H,1-2H3. The number of methoxy groups -OCH3 is 2. The molecule has 0 saturated heterocycles. The average Bonchev–Trinajstić information content (AvgIpc) is 2.81. The van der Waals surface area contributed by atoms with Crippen molar-refractivity contribution in [3.05, 3.63) is 76.7 Å². The number of hydrogen-bond donors (Lipinski definition) is 1. The Labute approximate surface area is 205 Å². The van der Waals surface area contributed by atoms with Crippen molar-refractivity contribution in [3.8, 4) is 23.0 Å². The number of pyridine rings is 1. The van der Waals surface area contributed by atoms with Gasteiger partial charge in [0.2, 0.25) is 0 Å². The number of ether oxygens (including phenoxy) is 3. The van der Waals surface area contributed by atoms with Crippen LogP contribution < -0.4 is 18.9 Å². The molecule has 1 aromatic heterocycles. The van der Waals surface area contributed by atoms with Gasteiger partial charge in [0.05, 0.1) is 40.4 Å². The van der Waals surface area contributed by atoms with Crippen LogP contribution in [-0.4, -0.2) is 27.6 Å². The first-order chi connectivity index (χ1) is 16.2. The second kappa shape index (κ2) is 9.54. The fraction of sp³-hybridized carbons (Fsp3) is 0.0870. The molecule has 0 aliphatic carbocycles. The van der Waals surface area contributed by atoms with Gasteiger partial charge in [0.1, 0.15) is 11.5 Å². The Balaban J connectivity index is 1.62. The van der Waals surface area contributed by atoms with Gasteiger partial charge in [-0.15, -0.1) is 0 Å². The number of benzene rings is 3. The predicted molar refractivity (Wildman–Crippen MR) is 129 cm³/mol. The third kappa shape index (κ3) is 4.82. The van der Waals surface area contributed by atoms with E-state index < -0.39 is 15.8 Å². The second-order valence-electron chi connectivity index (χ2n) is 6.96. The van der Waals surface area contributed by atoms with Gasteiger partial charge in [-0.3, -0.25) is 9.71 Å². The number of hydrogen-bond acceptors (Lipinski definition) is 6. The fourth-order valence-corrected chi connectivity index (χ4v) is 4.61. The number of anilines is 1. The highest BCUT2D eigenvalue weighted by molar-refractivity contribution is 7.92. The molecule has 0 atom stereocenters. The van der Waals surface area contributed by atoms with Gasteiger partial charge in [0.25, 0.3) is 10.0 Å². The minimum Gasteiger partial charge on any atom is -0.493 e. The largest absolute Gasteiger partial charge is 0.493 e. The summed E-state index contributed by atoms with van der Waals surface area (Å²) in [6.45, 7) is 0. The van der Waals surface area contributed by atoms with Crippen molar-refractivity contribution in [1.29, 1.82) is 0 Å². The van der Waals surface area contributed by atoms with Crippen LogP contribution in [0.15, 0.2) is 65.7 Å². The summed E-state index contributed by atoms with van der Waals surface area (Å²) in [5, 5.41) is 0.880. The molecule has 1 heterocycles. The first-order valence-electron chi connectivity index (χ1n) is 9.68. The van der Waals surface area contributed by atoms with E-state index in [0.717, 1.165) is 6.07 Å². The first-order valence-corrected chi connectivity index (χ1v) is 11.9. The Hall–Kier alpha value is -3.27. The average molecular weight is 523 g/mol. The van der Waals surface area contributed by atoms with Crippen LogP contribution in [0.25, 0.3) is 10.9 Å². The van der Waals surface area contributed by atoms with Gasteiger partial charge < -0.3 is 14.2 Å². The third-order valence-corrected chi connectivity index (χ3v) is 6.92. The molecule has 0 saturated carbocycles. The first kappa shape index (κ1) is 23.9. The summed E-state index contributed by atoms with van der Waals surface area (Å²) in [7, 11) is -1.07. The molecule has 34 heavy (non-hydrogen) atoms. The fourth-order valence-electron chi connectivity index (χ4n) is 3.15. The van der Waals surface area contributed by atoms with E-state index in [9.17, 15) is 12.8 Å². The molecule has 11 heteroatoms. The van der Waals surface area contributed by atoms with Crippen LogP contribution in [-0.2, 0) is 10.0 Å². The summed E-state index contributed by atoms with van der Waals surface area (Å²) in [4.78, 5) is 4.14. The lowest BCUT2D eigenvalue weighted by Crippen LogP contribution is -2.14. The number of halogens is 3.